The van der Waals surface area contributed by atoms with Crippen molar-refractivity contribution in [3.05, 3.63) is 29.8 Å². The molecule has 7 heteroatoms. The average molecular weight is 258 g/mol. The van der Waals surface area contributed by atoms with Gasteiger partial charge in [0.1, 0.15) is 0 Å². The zero-order valence-corrected chi connectivity index (χ0v) is 9.12. The Bertz CT molecular complexity index is 499. The molecule has 0 bridgehead atoms. The minimum absolute atomic E-state index is 0.0159. The topological polar surface area (TPSA) is 49.4 Å². The third-order valence-corrected chi connectivity index (χ3v) is 2.55. The lowest BCUT2D eigenvalue weighted by Crippen LogP contribution is -2.50. The van der Waals surface area contributed by atoms with Crippen LogP contribution in [0.15, 0.2) is 24.3 Å². The second-order valence-electron chi connectivity index (χ2n) is 3.77. The van der Waals surface area contributed by atoms with Crippen LogP contribution in [0.2, 0.25) is 0 Å². The number of urea groups is 1. The second kappa shape index (κ2) is 4.32. The molecule has 0 atom stereocenters. The Balaban J connectivity index is 2.39. The summed E-state index contributed by atoms with van der Waals surface area (Å²) in [5.74, 6) is -0.485. The van der Waals surface area contributed by atoms with Crippen LogP contribution in [-0.2, 0) is 11.0 Å². The number of hydrogen-bond acceptors (Lipinski definition) is 2. The highest BCUT2D eigenvalue weighted by Crippen LogP contribution is 2.36. The van der Waals surface area contributed by atoms with Crippen LogP contribution in [0.25, 0.3) is 0 Å². The van der Waals surface area contributed by atoms with Crippen LogP contribution in [-0.4, -0.2) is 18.5 Å². The molecule has 1 fully saturated rings. The number of nitrogens with zero attached hydrogens (tertiary/aromatic N) is 1. The largest absolute Gasteiger partial charge is 0.418 e. The Hall–Kier alpha value is -2.05. The summed E-state index contributed by atoms with van der Waals surface area (Å²) >= 11 is 0. The maximum Gasteiger partial charge on any atom is 0.418 e. The molecule has 0 aromatic heterocycles. The van der Waals surface area contributed by atoms with Crippen molar-refractivity contribution in [3.63, 3.8) is 0 Å². The molecule has 1 N–H and O–H groups in total. The quantitative estimate of drug-likeness (QED) is 0.839. The van der Waals surface area contributed by atoms with Crippen LogP contribution in [0.1, 0.15) is 12.0 Å². The molecule has 1 saturated heterocycles. The highest BCUT2D eigenvalue weighted by Gasteiger charge is 2.36. The van der Waals surface area contributed by atoms with E-state index in [2.05, 4.69) is 0 Å². The van der Waals surface area contributed by atoms with E-state index in [0.717, 1.165) is 11.0 Å². The van der Waals surface area contributed by atoms with Gasteiger partial charge in [0.05, 0.1) is 11.3 Å². The molecule has 0 radical (unpaired) electrons. The molecule has 0 saturated carbocycles. The smallest absolute Gasteiger partial charge is 0.293 e. The van der Waals surface area contributed by atoms with Crippen molar-refractivity contribution in [1.82, 2.24) is 5.32 Å². The number of imide groups is 1. The molecule has 0 aliphatic carbocycles. The number of hydrogen-bond donors (Lipinski definition) is 1. The van der Waals surface area contributed by atoms with Crippen molar-refractivity contribution in [2.75, 3.05) is 11.4 Å². The number of benzene rings is 1. The average Bonchev–Trinajstić information content (AvgIpc) is 2.28. The van der Waals surface area contributed by atoms with E-state index in [1.54, 1.807) is 0 Å². The van der Waals surface area contributed by atoms with Gasteiger partial charge in [-0.15, -0.1) is 0 Å². The van der Waals surface area contributed by atoms with E-state index in [4.69, 9.17) is 0 Å². The molecule has 18 heavy (non-hydrogen) atoms. The lowest BCUT2D eigenvalue weighted by molar-refractivity contribution is -0.137. The van der Waals surface area contributed by atoms with Crippen molar-refractivity contribution in [1.29, 1.82) is 0 Å². The van der Waals surface area contributed by atoms with Gasteiger partial charge in [-0.1, -0.05) is 12.1 Å². The SMILES string of the molecule is O=C1CCN(c2ccccc2C(F)(F)F)C(=O)N1. The standard InChI is InChI=1S/C11H9F3N2O2/c12-11(13,14)7-3-1-2-4-8(7)16-6-5-9(17)15-10(16)18/h1-4H,5-6H2,(H,15,17,18). The summed E-state index contributed by atoms with van der Waals surface area (Å²) in [4.78, 5) is 23.4. The Kier molecular flexibility index (Phi) is 2.98. The maximum absolute atomic E-state index is 12.8. The van der Waals surface area contributed by atoms with E-state index in [1.807, 2.05) is 5.32 Å². The number of amides is 3. The predicted molar refractivity (Wildman–Crippen MR) is 56.9 cm³/mol. The number of nitrogens with one attached hydrogen (secondary N) is 1. The number of carbonyl (C=O) groups is 2. The molecule has 1 heterocycles. The number of rotatable bonds is 1. The van der Waals surface area contributed by atoms with E-state index in [-0.39, 0.29) is 18.7 Å². The molecule has 1 aromatic carbocycles. The number of para-hydroxylation sites is 1. The molecule has 2 rings (SSSR count). The molecule has 1 aliphatic heterocycles. The molecule has 1 aromatic rings. The van der Waals surface area contributed by atoms with Crippen molar-refractivity contribution in [3.8, 4) is 0 Å². The molecule has 1 aliphatic rings. The van der Waals surface area contributed by atoms with Gasteiger partial charge in [-0.2, -0.15) is 13.2 Å². The molecule has 96 valence electrons. The summed E-state index contributed by atoms with van der Waals surface area (Å²) in [5, 5.41) is 1.99. The fourth-order valence-corrected chi connectivity index (χ4v) is 1.74. The summed E-state index contributed by atoms with van der Waals surface area (Å²) in [6, 6.07) is 3.94. The Labute approximate surface area is 100 Å². The Morgan fingerprint density at radius 2 is 1.83 bits per heavy atom. The maximum atomic E-state index is 12.8. The van der Waals surface area contributed by atoms with Crippen LogP contribution in [0, 0.1) is 0 Å². The summed E-state index contributed by atoms with van der Waals surface area (Å²) < 4.78 is 38.3. The first-order valence-corrected chi connectivity index (χ1v) is 5.17. The third-order valence-electron chi connectivity index (χ3n) is 2.55. The van der Waals surface area contributed by atoms with Crippen LogP contribution in [0.5, 0.6) is 0 Å². The van der Waals surface area contributed by atoms with Gasteiger partial charge in [-0.25, -0.2) is 4.79 Å². The van der Waals surface area contributed by atoms with Gasteiger partial charge in [0.15, 0.2) is 0 Å². The molecule has 0 spiro atoms. The van der Waals surface area contributed by atoms with E-state index < -0.39 is 23.7 Å². The zero-order chi connectivity index (χ0) is 13.3. The highest BCUT2D eigenvalue weighted by molar-refractivity contribution is 6.05. The fourth-order valence-electron chi connectivity index (χ4n) is 1.74. The van der Waals surface area contributed by atoms with Gasteiger partial charge in [0.2, 0.25) is 5.91 Å². The number of alkyl halides is 3. The van der Waals surface area contributed by atoms with Crippen molar-refractivity contribution < 1.29 is 22.8 Å². The third kappa shape index (κ3) is 2.29. The monoisotopic (exact) mass is 258 g/mol. The van der Waals surface area contributed by atoms with Crippen LogP contribution >= 0.6 is 0 Å². The van der Waals surface area contributed by atoms with E-state index in [0.29, 0.717) is 0 Å². The summed E-state index contributed by atoms with van der Waals surface area (Å²) in [6.07, 6.45) is -4.56. The molecular weight excluding hydrogens is 249 g/mol. The summed E-state index contributed by atoms with van der Waals surface area (Å²) in [5.41, 5.74) is -1.13. The van der Waals surface area contributed by atoms with Crippen molar-refractivity contribution in [2.24, 2.45) is 0 Å². The minimum atomic E-state index is -4.54. The lowest BCUT2D eigenvalue weighted by Gasteiger charge is -2.28. The van der Waals surface area contributed by atoms with Gasteiger partial charge in [-0.05, 0) is 12.1 Å². The van der Waals surface area contributed by atoms with Crippen LogP contribution in [0.4, 0.5) is 23.7 Å². The lowest BCUT2D eigenvalue weighted by atomic mass is 10.1. The first-order valence-electron chi connectivity index (χ1n) is 5.17. The predicted octanol–water partition coefficient (Wildman–Crippen LogP) is 2.15. The van der Waals surface area contributed by atoms with E-state index >= 15 is 0 Å². The fraction of sp³-hybridized carbons (Fsp3) is 0.273. The van der Waals surface area contributed by atoms with Crippen molar-refractivity contribution in [2.45, 2.75) is 12.6 Å². The van der Waals surface area contributed by atoms with Gasteiger partial charge >= 0.3 is 12.2 Å². The molecule has 0 unspecified atom stereocenters. The number of carbonyl (C=O) groups excluding carboxylic acids is 2. The second-order valence-corrected chi connectivity index (χ2v) is 3.77. The first kappa shape index (κ1) is 12.4. The Morgan fingerprint density at radius 3 is 2.44 bits per heavy atom. The molecule has 3 amide bonds. The molecule has 4 nitrogen and oxygen atoms in total. The van der Waals surface area contributed by atoms with Gasteiger partial charge in [0, 0.05) is 13.0 Å². The number of halogens is 3. The van der Waals surface area contributed by atoms with Gasteiger partial charge in [0.25, 0.3) is 0 Å². The molecular formula is C11H9F3N2O2. The number of anilines is 1. The normalized spacial score (nSPS) is 16.7. The summed E-state index contributed by atoms with van der Waals surface area (Å²) in [6.45, 7) is -0.0578. The van der Waals surface area contributed by atoms with Crippen LogP contribution in [0.3, 0.4) is 0 Å². The van der Waals surface area contributed by atoms with Gasteiger partial charge < -0.3 is 0 Å². The minimum Gasteiger partial charge on any atom is -0.293 e. The van der Waals surface area contributed by atoms with E-state index in [1.165, 1.54) is 18.2 Å². The zero-order valence-electron chi connectivity index (χ0n) is 9.12. The van der Waals surface area contributed by atoms with Crippen LogP contribution < -0.4 is 10.2 Å². The van der Waals surface area contributed by atoms with Crippen molar-refractivity contribution >= 4 is 17.6 Å². The highest BCUT2D eigenvalue weighted by atomic mass is 19.4. The van der Waals surface area contributed by atoms with E-state index in [9.17, 15) is 22.8 Å². The Morgan fingerprint density at radius 1 is 1.17 bits per heavy atom. The van der Waals surface area contributed by atoms with Gasteiger partial charge in [-0.3, -0.25) is 15.0 Å². The summed E-state index contributed by atoms with van der Waals surface area (Å²) in [7, 11) is 0. The first-order chi connectivity index (χ1) is 8.39.